The molecule has 0 aliphatic rings. The summed E-state index contributed by atoms with van der Waals surface area (Å²) in [6, 6.07) is 13.9. The van der Waals surface area contributed by atoms with E-state index < -0.39 is 6.10 Å². The lowest BCUT2D eigenvalue weighted by Crippen LogP contribution is -2.13. The summed E-state index contributed by atoms with van der Waals surface area (Å²) in [5.74, 6) is 0.716. The van der Waals surface area contributed by atoms with Gasteiger partial charge in [-0.25, -0.2) is 0 Å². The molecule has 112 valence electrons. The van der Waals surface area contributed by atoms with Gasteiger partial charge in [0.1, 0.15) is 5.75 Å². The van der Waals surface area contributed by atoms with Crippen LogP contribution in [0, 0.1) is 6.92 Å². The second-order valence-electron chi connectivity index (χ2n) is 4.84. The molecule has 1 atom stereocenters. The van der Waals surface area contributed by atoms with Crippen LogP contribution in [0.5, 0.6) is 5.75 Å². The first-order valence-corrected chi connectivity index (χ1v) is 8.07. The van der Waals surface area contributed by atoms with Crippen molar-refractivity contribution in [2.45, 2.75) is 17.9 Å². The molecule has 2 aromatic carbocycles. The molecular formula is C17H21NO2S. The van der Waals surface area contributed by atoms with Crippen molar-refractivity contribution in [3.63, 3.8) is 0 Å². The first-order chi connectivity index (χ1) is 10.2. The van der Waals surface area contributed by atoms with E-state index in [-0.39, 0.29) is 0 Å². The van der Waals surface area contributed by atoms with Crippen molar-refractivity contribution in [2.75, 3.05) is 25.2 Å². The molecule has 0 fully saturated rings. The Bertz CT molecular complexity index is 601. The number of benzene rings is 2. The summed E-state index contributed by atoms with van der Waals surface area (Å²) in [6.07, 6.45) is 1.43. The molecule has 0 aliphatic heterocycles. The maximum atomic E-state index is 10.4. The Labute approximate surface area is 130 Å². The van der Waals surface area contributed by atoms with E-state index in [1.165, 1.54) is 4.90 Å². The summed E-state index contributed by atoms with van der Waals surface area (Å²) in [5, 5.41) is 13.7. The van der Waals surface area contributed by atoms with Crippen LogP contribution in [0.2, 0.25) is 0 Å². The van der Waals surface area contributed by atoms with Crippen molar-refractivity contribution in [3.8, 4) is 5.75 Å². The molecule has 0 bridgehead atoms. The highest BCUT2D eigenvalue weighted by Crippen LogP contribution is 2.28. The van der Waals surface area contributed by atoms with Gasteiger partial charge in [-0.1, -0.05) is 23.8 Å². The van der Waals surface area contributed by atoms with Gasteiger partial charge in [0, 0.05) is 22.7 Å². The Morgan fingerprint density at radius 2 is 2.00 bits per heavy atom. The van der Waals surface area contributed by atoms with Gasteiger partial charge in [-0.2, -0.15) is 0 Å². The van der Waals surface area contributed by atoms with Gasteiger partial charge in [0.2, 0.25) is 0 Å². The second kappa shape index (κ2) is 7.38. The predicted molar refractivity (Wildman–Crippen MR) is 89.4 cm³/mol. The number of hydrogen-bond acceptors (Lipinski definition) is 4. The molecule has 0 spiro atoms. The number of methoxy groups -OCH3 is 1. The zero-order valence-electron chi connectivity index (χ0n) is 12.6. The van der Waals surface area contributed by atoms with Crippen LogP contribution >= 0.6 is 11.8 Å². The minimum atomic E-state index is -0.616. The van der Waals surface area contributed by atoms with Gasteiger partial charge in [-0.3, -0.25) is 0 Å². The average molecular weight is 303 g/mol. The van der Waals surface area contributed by atoms with Crippen LogP contribution in [0.1, 0.15) is 17.2 Å². The van der Waals surface area contributed by atoms with E-state index in [0.717, 1.165) is 16.8 Å². The molecule has 1 unspecified atom stereocenters. The first kappa shape index (κ1) is 15.7. The first-order valence-electron chi connectivity index (χ1n) is 6.85. The van der Waals surface area contributed by atoms with E-state index in [4.69, 9.17) is 4.74 Å². The Morgan fingerprint density at radius 3 is 2.71 bits per heavy atom. The third-order valence-electron chi connectivity index (χ3n) is 3.34. The maximum absolute atomic E-state index is 10.4. The molecule has 0 amide bonds. The third-order valence-corrected chi connectivity index (χ3v) is 4.13. The Morgan fingerprint density at radius 1 is 1.24 bits per heavy atom. The quantitative estimate of drug-likeness (QED) is 0.795. The van der Waals surface area contributed by atoms with E-state index >= 15 is 0 Å². The molecule has 2 aromatic rings. The Kier molecular flexibility index (Phi) is 5.53. The smallest absolute Gasteiger partial charge is 0.124 e. The van der Waals surface area contributed by atoms with E-state index in [9.17, 15) is 5.11 Å². The van der Waals surface area contributed by atoms with Crippen LogP contribution in [-0.2, 0) is 0 Å². The number of para-hydroxylation sites is 1. The van der Waals surface area contributed by atoms with Crippen molar-refractivity contribution in [2.24, 2.45) is 0 Å². The monoisotopic (exact) mass is 303 g/mol. The number of aliphatic hydroxyl groups is 1. The van der Waals surface area contributed by atoms with Crippen molar-refractivity contribution in [1.82, 2.24) is 0 Å². The van der Waals surface area contributed by atoms with E-state index in [1.54, 1.807) is 18.9 Å². The molecular weight excluding hydrogens is 282 g/mol. The number of ether oxygens (including phenoxy) is 1. The fraction of sp³-hybridized carbons (Fsp3) is 0.294. The molecule has 0 heterocycles. The van der Waals surface area contributed by atoms with Crippen LogP contribution in [-0.4, -0.2) is 25.0 Å². The molecule has 0 aliphatic carbocycles. The summed E-state index contributed by atoms with van der Waals surface area (Å²) in [4.78, 5) is 1.17. The summed E-state index contributed by atoms with van der Waals surface area (Å²) in [7, 11) is 1.62. The fourth-order valence-corrected chi connectivity index (χ4v) is 2.80. The Balaban J connectivity index is 2.11. The highest BCUT2D eigenvalue weighted by atomic mass is 32.2. The minimum absolute atomic E-state index is 0.442. The van der Waals surface area contributed by atoms with E-state index in [1.807, 2.05) is 49.6 Å². The molecule has 0 saturated heterocycles. The van der Waals surface area contributed by atoms with Crippen molar-refractivity contribution in [3.05, 3.63) is 53.6 Å². The summed E-state index contributed by atoms with van der Waals surface area (Å²) in [5.41, 5.74) is 2.96. The average Bonchev–Trinajstić information content (AvgIpc) is 2.52. The maximum Gasteiger partial charge on any atom is 0.124 e. The molecule has 2 rings (SSSR count). The lowest BCUT2D eigenvalue weighted by atomic mass is 10.1. The summed E-state index contributed by atoms with van der Waals surface area (Å²) in [6.45, 7) is 2.45. The lowest BCUT2D eigenvalue weighted by molar-refractivity contribution is 0.186. The summed E-state index contributed by atoms with van der Waals surface area (Å²) >= 11 is 1.68. The molecule has 3 nitrogen and oxygen atoms in total. The normalized spacial score (nSPS) is 12.0. The molecule has 0 radical (unpaired) electrons. The van der Waals surface area contributed by atoms with Crippen molar-refractivity contribution in [1.29, 1.82) is 0 Å². The van der Waals surface area contributed by atoms with Crippen LogP contribution in [0.15, 0.2) is 47.4 Å². The number of anilines is 1. The topological polar surface area (TPSA) is 41.5 Å². The number of rotatable bonds is 6. The van der Waals surface area contributed by atoms with Crippen LogP contribution < -0.4 is 10.1 Å². The number of nitrogens with one attached hydrogen (secondary N) is 1. The van der Waals surface area contributed by atoms with Gasteiger partial charge in [0.05, 0.1) is 13.2 Å². The standard InChI is InChI=1S/C17H21NO2S/c1-12-8-9-16(20-2)13(10-12)15(19)11-18-14-6-4-5-7-17(14)21-3/h4-10,15,18-19H,11H2,1-3H3. The molecule has 0 saturated carbocycles. The van der Waals surface area contributed by atoms with Gasteiger partial charge in [-0.15, -0.1) is 11.8 Å². The summed E-state index contributed by atoms with van der Waals surface area (Å²) < 4.78 is 5.33. The van der Waals surface area contributed by atoms with Gasteiger partial charge in [0.15, 0.2) is 0 Å². The fourth-order valence-electron chi connectivity index (χ4n) is 2.22. The molecule has 4 heteroatoms. The van der Waals surface area contributed by atoms with Crippen LogP contribution in [0.3, 0.4) is 0 Å². The molecule has 2 N–H and O–H groups in total. The number of hydrogen-bond donors (Lipinski definition) is 2. The minimum Gasteiger partial charge on any atom is -0.496 e. The van der Waals surface area contributed by atoms with Gasteiger partial charge in [-0.05, 0) is 37.4 Å². The zero-order chi connectivity index (χ0) is 15.2. The van der Waals surface area contributed by atoms with Crippen molar-refractivity contribution >= 4 is 17.4 Å². The molecule has 0 aromatic heterocycles. The SMILES string of the molecule is COc1ccc(C)cc1C(O)CNc1ccccc1SC. The molecule has 21 heavy (non-hydrogen) atoms. The highest BCUT2D eigenvalue weighted by molar-refractivity contribution is 7.98. The van der Waals surface area contributed by atoms with E-state index in [2.05, 4.69) is 11.4 Å². The van der Waals surface area contributed by atoms with Crippen molar-refractivity contribution < 1.29 is 9.84 Å². The van der Waals surface area contributed by atoms with Crippen LogP contribution in [0.4, 0.5) is 5.69 Å². The van der Waals surface area contributed by atoms with Gasteiger partial charge >= 0.3 is 0 Å². The number of aliphatic hydroxyl groups excluding tert-OH is 1. The number of aryl methyl sites for hydroxylation is 1. The largest absolute Gasteiger partial charge is 0.496 e. The van der Waals surface area contributed by atoms with Gasteiger partial charge < -0.3 is 15.2 Å². The zero-order valence-corrected chi connectivity index (χ0v) is 13.4. The predicted octanol–water partition coefficient (Wildman–Crippen LogP) is 3.87. The lowest BCUT2D eigenvalue weighted by Gasteiger charge is -2.18. The van der Waals surface area contributed by atoms with Crippen LogP contribution in [0.25, 0.3) is 0 Å². The van der Waals surface area contributed by atoms with E-state index in [0.29, 0.717) is 12.3 Å². The third kappa shape index (κ3) is 3.93. The number of thioether (sulfide) groups is 1. The second-order valence-corrected chi connectivity index (χ2v) is 5.69. The highest BCUT2D eigenvalue weighted by Gasteiger charge is 2.14. The van der Waals surface area contributed by atoms with Gasteiger partial charge in [0.25, 0.3) is 0 Å². The Hall–Kier alpha value is -1.65.